The van der Waals surface area contributed by atoms with Gasteiger partial charge in [-0.3, -0.25) is 0 Å². The van der Waals surface area contributed by atoms with Crippen molar-refractivity contribution in [3.05, 3.63) is 127 Å². The van der Waals surface area contributed by atoms with Crippen molar-refractivity contribution < 1.29 is 0 Å². The van der Waals surface area contributed by atoms with Crippen LogP contribution in [-0.4, -0.2) is 44.9 Å². The highest BCUT2D eigenvalue weighted by atomic mass is 15.0. The fourth-order valence-corrected chi connectivity index (χ4v) is 5.02. The molecule has 4 aromatic carbocycles. The van der Waals surface area contributed by atoms with Crippen LogP contribution in [0.1, 0.15) is 17.5 Å². The van der Waals surface area contributed by atoms with E-state index in [4.69, 9.17) is 19.9 Å². The summed E-state index contributed by atoms with van der Waals surface area (Å²) >= 11 is 0. The maximum Gasteiger partial charge on any atom is 0.164 e. The van der Waals surface area contributed by atoms with E-state index >= 15 is 0 Å². The van der Waals surface area contributed by atoms with Crippen molar-refractivity contribution in [2.45, 2.75) is 20.8 Å². The van der Waals surface area contributed by atoms with E-state index in [1.807, 2.05) is 130 Å². The number of nitrogens with zero attached hydrogens (tertiary/aromatic N) is 9. The highest BCUT2D eigenvalue weighted by Gasteiger charge is 2.15. The lowest BCUT2D eigenvalue weighted by molar-refractivity contribution is 0.928. The second kappa shape index (κ2) is 11.9. The van der Waals surface area contributed by atoms with Gasteiger partial charge in [-0.2, -0.15) is 0 Å². The molecule has 0 aliphatic rings. The summed E-state index contributed by atoms with van der Waals surface area (Å²) in [6, 6.07) is 35.6. The lowest BCUT2D eigenvalue weighted by Crippen LogP contribution is -2.02. The minimum absolute atomic E-state index is 0.534. The molecule has 0 aliphatic heterocycles. The SMILES string of the molecule is Cc1nc(C)nc(-c2cccc(-c3nc(-c4ccccc4)nc(-c4cccc(-c5nc(C)nc(-c6ccccc6)n5)c4)n3)c2)n1. The number of aryl methyl sites for hydroxylation is 3. The first-order chi connectivity index (χ1) is 22.0. The lowest BCUT2D eigenvalue weighted by atomic mass is 10.1. The van der Waals surface area contributed by atoms with Crippen LogP contribution in [0.4, 0.5) is 0 Å². The van der Waals surface area contributed by atoms with Gasteiger partial charge in [-0.25, -0.2) is 44.9 Å². The van der Waals surface area contributed by atoms with Crippen LogP contribution in [0.15, 0.2) is 109 Å². The van der Waals surface area contributed by atoms with Gasteiger partial charge in [0.2, 0.25) is 0 Å². The molecule has 7 aromatic rings. The van der Waals surface area contributed by atoms with Gasteiger partial charge >= 0.3 is 0 Å². The van der Waals surface area contributed by atoms with Gasteiger partial charge in [0, 0.05) is 33.4 Å². The maximum atomic E-state index is 4.96. The predicted octanol–water partition coefficient (Wildman–Crippen LogP) is 7.17. The molecule has 0 N–H and O–H groups in total. The van der Waals surface area contributed by atoms with E-state index in [0.717, 1.165) is 33.4 Å². The third-order valence-electron chi connectivity index (χ3n) is 7.06. The molecule has 0 radical (unpaired) electrons. The van der Waals surface area contributed by atoms with E-state index < -0.39 is 0 Å². The zero-order valence-electron chi connectivity index (χ0n) is 24.9. The van der Waals surface area contributed by atoms with Crippen LogP contribution in [0.3, 0.4) is 0 Å². The van der Waals surface area contributed by atoms with E-state index in [2.05, 4.69) is 24.9 Å². The largest absolute Gasteiger partial charge is 0.219 e. The van der Waals surface area contributed by atoms with E-state index in [0.29, 0.717) is 52.4 Å². The van der Waals surface area contributed by atoms with Crippen molar-refractivity contribution in [1.29, 1.82) is 0 Å². The summed E-state index contributed by atoms with van der Waals surface area (Å²) in [5, 5.41) is 0. The summed E-state index contributed by atoms with van der Waals surface area (Å²) in [5.74, 6) is 5.43. The second-order valence-corrected chi connectivity index (χ2v) is 10.5. The molecule has 0 aliphatic carbocycles. The third-order valence-corrected chi connectivity index (χ3v) is 7.06. The minimum atomic E-state index is 0.534. The summed E-state index contributed by atoms with van der Waals surface area (Å²) in [4.78, 5) is 42.2. The van der Waals surface area contributed by atoms with Crippen molar-refractivity contribution in [2.75, 3.05) is 0 Å². The van der Waals surface area contributed by atoms with Crippen molar-refractivity contribution in [3.8, 4) is 68.3 Å². The van der Waals surface area contributed by atoms with Crippen LogP contribution >= 0.6 is 0 Å². The lowest BCUT2D eigenvalue weighted by Gasteiger charge is -2.10. The Morgan fingerprint density at radius 1 is 0.267 bits per heavy atom. The van der Waals surface area contributed by atoms with Gasteiger partial charge in [0.25, 0.3) is 0 Å². The molecule has 0 unspecified atom stereocenters. The Labute approximate surface area is 260 Å². The van der Waals surface area contributed by atoms with Crippen molar-refractivity contribution in [2.24, 2.45) is 0 Å². The highest BCUT2D eigenvalue weighted by Crippen LogP contribution is 2.29. The third kappa shape index (κ3) is 6.05. The number of benzene rings is 4. The molecule has 0 saturated heterocycles. The molecule has 216 valence electrons. The monoisotopic (exact) mass is 585 g/mol. The summed E-state index contributed by atoms with van der Waals surface area (Å²) < 4.78 is 0. The van der Waals surface area contributed by atoms with Crippen molar-refractivity contribution in [3.63, 3.8) is 0 Å². The Morgan fingerprint density at radius 2 is 0.533 bits per heavy atom. The topological polar surface area (TPSA) is 116 Å². The number of aromatic nitrogens is 9. The molecule has 0 spiro atoms. The molecule has 3 heterocycles. The van der Waals surface area contributed by atoms with Crippen LogP contribution < -0.4 is 0 Å². The molecule has 9 nitrogen and oxygen atoms in total. The summed E-state index contributed by atoms with van der Waals surface area (Å²) in [7, 11) is 0. The highest BCUT2D eigenvalue weighted by molar-refractivity contribution is 5.72. The molecule has 0 atom stereocenters. The fraction of sp³-hybridized carbons (Fsp3) is 0.0833. The standard InChI is InChI=1S/C36H27N9/c1-22-37-23(2)39-33(38-22)27-16-10-18-29(20-27)35-43-32(26-14-8-5-9-15-26)44-36(45-35)30-19-11-17-28(21-30)34-41-24(3)40-31(42-34)25-12-6-4-7-13-25/h4-21H,1-3H3. The van der Waals surface area contributed by atoms with Gasteiger partial charge in [-0.15, -0.1) is 0 Å². The first kappa shape index (κ1) is 27.7. The average molecular weight is 586 g/mol. The number of rotatable bonds is 6. The summed E-state index contributed by atoms with van der Waals surface area (Å²) in [6.45, 7) is 5.60. The van der Waals surface area contributed by atoms with Gasteiger partial charge < -0.3 is 0 Å². The van der Waals surface area contributed by atoms with Crippen molar-refractivity contribution in [1.82, 2.24) is 44.9 Å². The van der Waals surface area contributed by atoms with Crippen LogP contribution in [0, 0.1) is 20.8 Å². The predicted molar refractivity (Wildman–Crippen MR) is 173 cm³/mol. The van der Waals surface area contributed by atoms with E-state index in [-0.39, 0.29) is 0 Å². The van der Waals surface area contributed by atoms with E-state index in [9.17, 15) is 0 Å². The fourth-order valence-electron chi connectivity index (χ4n) is 5.02. The first-order valence-electron chi connectivity index (χ1n) is 14.5. The normalized spacial score (nSPS) is 11.0. The van der Waals surface area contributed by atoms with Gasteiger partial charge in [0.15, 0.2) is 34.9 Å². The minimum Gasteiger partial charge on any atom is -0.219 e. The molecule has 3 aromatic heterocycles. The molecule has 0 amide bonds. The quantitative estimate of drug-likeness (QED) is 0.200. The Balaban J connectivity index is 1.34. The van der Waals surface area contributed by atoms with Crippen LogP contribution in [0.25, 0.3) is 68.3 Å². The molecule has 45 heavy (non-hydrogen) atoms. The van der Waals surface area contributed by atoms with Crippen LogP contribution in [-0.2, 0) is 0 Å². The van der Waals surface area contributed by atoms with Gasteiger partial charge in [0.05, 0.1) is 0 Å². The van der Waals surface area contributed by atoms with Crippen LogP contribution in [0.5, 0.6) is 0 Å². The van der Waals surface area contributed by atoms with Crippen LogP contribution in [0.2, 0.25) is 0 Å². The average Bonchev–Trinajstić information content (AvgIpc) is 3.08. The van der Waals surface area contributed by atoms with E-state index in [1.165, 1.54) is 0 Å². The molecular formula is C36H27N9. The molecule has 0 fully saturated rings. The van der Waals surface area contributed by atoms with Gasteiger partial charge in [0.1, 0.15) is 17.5 Å². The molecule has 0 saturated carbocycles. The smallest absolute Gasteiger partial charge is 0.164 e. The Bertz CT molecular complexity index is 2130. The molecule has 0 bridgehead atoms. The van der Waals surface area contributed by atoms with Gasteiger partial charge in [-0.05, 0) is 32.9 Å². The zero-order chi connectivity index (χ0) is 30.8. The Kier molecular flexibility index (Phi) is 7.33. The summed E-state index contributed by atoms with van der Waals surface area (Å²) in [6.07, 6.45) is 0. The molecular weight excluding hydrogens is 558 g/mol. The van der Waals surface area contributed by atoms with Gasteiger partial charge in [-0.1, -0.05) is 97.1 Å². The second-order valence-electron chi connectivity index (χ2n) is 10.5. The maximum absolute atomic E-state index is 4.96. The number of hydrogen-bond donors (Lipinski definition) is 0. The first-order valence-corrected chi connectivity index (χ1v) is 14.5. The zero-order valence-corrected chi connectivity index (χ0v) is 24.9. The summed E-state index contributed by atoms with van der Waals surface area (Å²) in [5.41, 5.74) is 5.14. The number of hydrogen-bond acceptors (Lipinski definition) is 9. The molecule has 9 heteroatoms. The van der Waals surface area contributed by atoms with Crippen molar-refractivity contribution >= 4 is 0 Å². The molecule has 7 rings (SSSR count). The Hall–Kier alpha value is -6.09. The Morgan fingerprint density at radius 3 is 0.933 bits per heavy atom. The van der Waals surface area contributed by atoms with E-state index in [1.54, 1.807) is 0 Å².